The van der Waals surface area contributed by atoms with Crippen LogP contribution in [0.4, 0.5) is 4.39 Å². The van der Waals surface area contributed by atoms with Crippen molar-refractivity contribution in [1.29, 1.82) is 0 Å². The van der Waals surface area contributed by atoms with E-state index in [9.17, 15) is 4.39 Å². The van der Waals surface area contributed by atoms with Gasteiger partial charge in [-0.15, -0.1) is 0 Å². The Morgan fingerprint density at radius 2 is 2.06 bits per heavy atom. The molecule has 4 heteroatoms. The number of aryl methyl sites for hydroxylation is 1. The van der Waals surface area contributed by atoms with Crippen molar-refractivity contribution in [1.82, 2.24) is 0 Å². The number of benzene rings is 2. The summed E-state index contributed by atoms with van der Waals surface area (Å²) in [6.45, 7) is 2.27. The van der Waals surface area contributed by atoms with E-state index in [0.29, 0.717) is 6.61 Å². The lowest BCUT2D eigenvalue weighted by Crippen LogP contribution is -2.41. The molecular formula is C14H11BClFO. The molecule has 0 radical (unpaired) electrons. The first kappa shape index (κ1) is 11.8. The SMILES string of the molecule is Cc1ccc(B2OCc3cc(F)ccc32)cc1Cl. The number of halogens is 2. The molecule has 0 fully saturated rings. The summed E-state index contributed by atoms with van der Waals surface area (Å²) in [5.74, 6) is -0.222. The summed E-state index contributed by atoms with van der Waals surface area (Å²) in [7, 11) is 0. The Balaban J connectivity index is 2.03. The highest BCUT2D eigenvalue weighted by Gasteiger charge is 2.30. The molecule has 2 aromatic rings. The van der Waals surface area contributed by atoms with E-state index in [1.807, 2.05) is 25.1 Å². The van der Waals surface area contributed by atoms with Crippen LogP contribution in [0.1, 0.15) is 11.1 Å². The van der Waals surface area contributed by atoms with Crippen LogP contribution in [0.3, 0.4) is 0 Å². The topological polar surface area (TPSA) is 9.23 Å². The molecule has 18 heavy (non-hydrogen) atoms. The van der Waals surface area contributed by atoms with Gasteiger partial charge in [0, 0.05) is 5.02 Å². The molecule has 0 bridgehead atoms. The second-order valence-electron chi connectivity index (χ2n) is 4.54. The van der Waals surface area contributed by atoms with Crippen molar-refractivity contribution in [3.63, 3.8) is 0 Å². The molecule has 90 valence electrons. The van der Waals surface area contributed by atoms with Gasteiger partial charge in [0.05, 0.1) is 6.61 Å². The highest BCUT2D eigenvalue weighted by atomic mass is 35.5. The Morgan fingerprint density at radius 1 is 1.22 bits per heavy atom. The van der Waals surface area contributed by atoms with Gasteiger partial charge in [-0.25, -0.2) is 4.39 Å². The molecule has 0 aromatic heterocycles. The third-order valence-electron chi connectivity index (χ3n) is 3.29. The van der Waals surface area contributed by atoms with Crippen molar-refractivity contribution in [2.24, 2.45) is 0 Å². The number of rotatable bonds is 1. The van der Waals surface area contributed by atoms with Crippen LogP contribution in [0.5, 0.6) is 0 Å². The van der Waals surface area contributed by atoms with Crippen molar-refractivity contribution in [3.8, 4) is 0 Å². The molecule has 3 rings (SSSR count). The van der Waals surface area contributed by atoms with Gasteiger partial charge < -0.3 is 4.65 Å². The quantitative estimate of drug-likeness (QED) is 0.716. The fourth-order valence-corrected chi connectivity index (χ4v) is 2.45. The average Bonchev–Trinajstić information content (AvgIpc) is 2.75. The van der Waals surface area contributed by atoms with Crippen LogP contribution >= 0.6 is 11.6 Å². The second kappa shape index (κ2) is 4.41. The maximum Gasteiger partial charge on any atom is 0.362 e. The average molecular weight is 261 g/mol. The van der Waals surface area contributed by atoms with E-state index in [1.165, 1.54) is 12.1 Å². The van der Waals surface area contributed by atoms with Crippen molar-refractivity contribution < 1.29 is 9.04 Å². The fourth-order valence-electron chi connectivity index (χ4n) is 2.27. The highest BCUT2D eigenvalue weighted by Crippen LogP contribution is 2.16. The summed E-state index contributed by atoms with van der Waals surface area (Å²) in [6.07, 6.45) is 0. The molecule has 0 spiro atoms. The largest absolute Gasteiger partial charge is 0.423 e. The maximum absolute atomic E-state index is 13.1. The predicted molar refractivity (Wildman–Crippen MR) is 72.4 cm³/mol. The lowest BCUT2D eigenvalue weighted by Gasteiger charge is -2.08. The Hall–Kier alpha value is -1.32. The molecule has 1 nitrogen and oxygen atoms in total. The minimum atomic E-state index is -0.222. The van der Waals surface area contributed by atoms with Gasteiger partial charge in [-0.2, -0.15) is 0 Å². The lowest BCUT2D eigenvalue weighted by atomic mass is 9.56. The van der Waals surface area contributed by atoms with Crippen LogP contribution in [0, 0.1) is 12.7 Å². The van der Waals surface area contributed by atoms with E-state index in [0.717, 1.165) is 27.1 Å². The molecule has 2 aromatic carbocycles. The van der Waals surface area contributed by atoms with Gasteiger partial charge in [-0.1, -0.05) is 29.8 Å². The monoisotopic (exact) mass is 260 g/mol. The molecule has 1 heterocycles. The van der Waals surface area contributed by atoms with Crippen LogP contribution < -0.4 is 10.9 Å². The van der Waals surface area contributed by atoms with E-state index < -0.39 is 0 Å². The van der Waals surface area contributed by atoms with Gasteiger partial charge in [0.2, 0.25) is 0 Å². The zero-order valence-corrected chi connectivity index (χ0v) is 10.7. The lowest BCUT2D eigenvalue weighted by molar-refractivity contribution is 0.336. The van der Waals surface area contributed by atoms with Gasteiger partial charge in [-0.05, 0) is 47.2 Å². The van der Waals surface area contributed by atoms with Crippen molar-refractivity contribution >= 4 is 29.4 Å². The van der Waals surface area contributed by atoms with Crippen LogP contribution in [-0.4, -0.2) is 6.92 Å². The van der Waals surface area contributed by atoms with Gasteiger partial charge in [0.25, 0.3) is 0 Å². The van der Waals surface area contributed by atoms with Crippen molar-refractivity contribution in [2.75, 3.05) is 0 Å². The summed E-state index contributed by atoms with van der Waals surface area (Å²) in [6, 6.07) is 10.7. The first-order valence-electron chi connectivity index (χ1n) is 5.81. The fraction of sp³-hybridized carbons (Fsp3) is 0.143. The zero-order valence-electron chi connectivity index (χ0n) is 9.91. The van der Waals surface area contributed by atoms with Gasteiger partial charge in [-0.3, -0.25) is 0 Å². The van der Waals surface area contributed by atoms with E-state index in [4.69, 9.17) is 16.3 Å². The summed E-state index contributed by atoms with van der Waals surface area (Å²) in [5.41, 5.74) is 3.99. The molecule has 0 atom stereocenters. The molecule has 1 aliphatic rings. The number of hydrogen-bond donors (Lipinski definition) is 0. The van der Waals surface area contributed by atoms with Gasteiger partial charge >= 0.3 is 6.92 Å². The molecule has 0 unspecified atom stereocenters. The molecule has 0 N–H and O–H groups in total. The molecule has 0 saturated carbocycles. The summed E-state index contributed by atoms with van der Waals surface area (Å²) >= 11 is 6.13. The van der Waals surface area contributed by atoms with Crippen molar-refractivity contribution in [2.45, 2.75) is 13.5 Å². The predicted octanol–water partition coefficient (Wildman–Crippen LogP) is 2.42. The first-order valence-corrected chi connectivity index (χ1v) is 6.19. The standard InChI is InChI=1S/C14H11BClFO/c1-9-2-3-11(7-14(9)16)15-13-5-4-12(17)6-10(13)8-18-15/h2-7H,8H2,1H3. The molecule has 0 aliphatic carbocycles. The van der Waals surface area contributed by atoms with Crippen LogP contribution in [-0.2, 0) is 11.3 Å². The molecule has 0 saturated heterocycles. The van der Waals surface area contributed by atoms with E-state index >= 15 is 0 Å². The number of hydrogen-bond acceptors (Lipinski definition) is 1. The van der Waals surface area contributed by atoms with Gasteiger partial charge in [0.1, 0.15) is 5.82 Å². The minimum Gasteiger partial charge on any atom is -0.423 e. The van der Waals surface area contributed by atoms with E-state index in [-0.39, 0.29) is 12.7 Å². The highest BCUT2D eigenvalue weighted by molar-refractivity contribution is 6.81. The first-order chi connectivity index (χ1) is 8.65. The van der Waals surface area contributed by atoms with Crippen LogP contribution in [0.15, 0.2) is 36.4 Å². The van der Waals surface area contributed by atoms with E-state index in [2.05, 4.69) is 0 Å². The van der Waals surface area contributed by atoms with E-state index in [1.54, 1.807) is 6.07 Å². The van der Waals surface area contributed by atoms with Crippen LogP contribution in [0.25, 0.3) is 0 Å². The van der Waals surface area contributed by atoms with Gasteiger partial charge in [0.15, 0.2) is 0 Å². The Kier molecular flexibility index (Phi) is 2.88. The minimum absolute atomic E-state index is 0.140. The molecular weight excluding hydrogens is 249 g/mol. The Bertz CT molecular complexity index is 615. The summed E-state index contributed by atoms with van der Waals surface area (Å²) < 4.78 is 18.9. The Labute approximate surface area is 111 Å². The summed E-state index contributed by atoms with van der Waals surface area (Å²) in [5, 5.41) is 0.728. The maximum atomic E-state index is 13.1. The smallest absolute Gasteiger partial charge is 0.362 e. The third-order valence-corrected chi connectivity index (χ3v) is 3.70. The molecule has 1 aliphatic heterocycles. The van der Waals surface area contributed by atoms with Crippen molar-refractivity contribution in [3.05, 3.63) is 58.4 Å². The summed E-state index contributed by atoms with van der Waals surface area (Å²) in [4.78, 5) is 0. The normalized spacial score (nSPS) is 13.8. The molecule has 0 amide bonds. The third kappa shape index (κ3) is 1.94. The van der Waals surface area contributed by atoms with Crippen LogP contribution in [0.2, 0.25) is 5.02 Å². The zero-order chi connectivity index (χ0) is 12.7. The number of fused-ring (bicyclic) bond motifs is 1. The Morgan fingerprint density at radius 3 is 2.83 bits per heavy atom. The second-order valence-corrected chi connectivity index (χ2v) is 4.95.